The summed E-state index contributed by atoms with van der Waals surface area (Å²) in [4.78, 5) is 39.8. The fourth-order valence-electron chi connectivity index (χ4n) is 3.75. The van der Waals surface area contributed by atoms with Gasteiger partial charge in [-0.25, -0.2) is 4.79 Å². The van der Waals surface area contributed by atoms with E-state index < -0.39 is 11.6 Å². The number of rotatable bonds is 2. The highest BCUT2D eigenvalue weighted by atomic mass is 16.5. The van der Waals surface area contributed by atoms with Gasteiger partial charge in [-0.3, -0.25) is 14.5 Å². The largest absolute Gasteiger partial charge is 0.372 e. The van der Waals surface area contributed by atoms with Crippen LogP contribution < -0.4 is 5.32 Å². The Labute approximate surface area is 129 Å². The van der Waals surface area contributed by atoms with Crippen molar-refractivity contribution in [3.8, 4) is 0 Å². The Bertz CT molecular complexity index is 491. The number of urea groups is 1. The van der Waals surface area contributed by atoms with Gasteiger partial charge < -0.3 is 15.0 Å². The summed E-state index contributed by atoms with van der Waals surface area (Å²) in [5, 5.41) is 2.80. The maximum atomic E-state index is 12.5. The average molecular weight is 309 g/mol. The Kier molecular flexibility index (Phi) is 3.84. The molecule has 7 nitrogen and oxygen atoms in total. The maximum Gasteiger partial charge on any atom is 0.325 e. The lowest BCUT2D eigenvalue weighted by atomic mass is 9.98. The molecular weight excluding hydrogens is 286 g/mol. The van der Waals surface area contributed by atoms with Crippen LogP contribution in [0, 0.1) is 0 Å². The lowest BCUT2D eigenvalue weighted by molar-refractivity contribution is -0.146. The number of nitrogens with one attached hydrogen (secondary N) is 1. The predicted octanol–water partition coefficient (Wildman–Crippen LogP) is 0.487. The van der Waals surface area contributed by atoms with E-state index in [4.69, 9.17) is 4.74 Å². The first-order valence-corrected chi connectivity index (χ1v) is 7.99. The highest BCUT2D eigenvalue weighted by Crippen LogP contribution is 2.35. The van der Waals surface area contributed by atoms with Gasteiger partial charge in [-0.2, -0.15) is 0 Å². The number of ether oxygens (including phenoxy) is 1. The summed E-state index contributed by atoms with van der Waals surface area (Å²) in [5.41, 5.74) is -0.747. The first-order chi connectivity index (χ1) is 10.4. The molecule has 2 aliphatic heterocycles. The monoisotopic (exact) mass is 309 g/mol. The molecule has 3 rings (SSSR count). The minimum absolute atomic E-state index is 0.0306. The van der Waals surface area contributed by atoms with Gasteiger partial charge in [0, 0.05) is 13.1 Å². The smallest absolute Gasteiger partial charge is 0.325 e. The zero-order valence-electron chi connectivity index (χ0n) is 13.1. The number of hydrogen-bond acceptors (Lipinski definition) is 4. The van der Waals surface area contributed by atoms with Gasteiger partial charge in [0.25, 0.3) is 5.91 Å². The maximum absolute atomic E-state index is 12.5. The second-order valence-electron chi connectivity index (χ2n) is 6.67. The van der Waals surface area contributed by atoms with Gasteiger partial charge in [0.15, 0.2) is 0 Å². The van der Waals surface area contributed by atoms with Crippen LogP contribution in [0.2, 0.25) is 0 Å². The summed E-state index contributed by atoms with van der Waals surface area (Å²) in [5.74, 6) is -0.432. The number of hydrogen-bond donors (Lipinski definition) is 1. The van der Waals surface area contributed by atoms with Crippen molar-refractivity contribution in [2.75, 3.05) is 19.6 Å². The molecule has 1 aliphatic carbocycles. The van der Waals surface area contributed by atoms with Crippen LogP contribution in [-0.4, -0.2) is 65.0 Å². The lowest BCUT2D eigenvalue weighted by Gasteiger charge is -2.35. The fourth-order valence-corrected chi connectivity index (χ4v) is 3.75. The topological polar surface area (TPSA) is 79.0 Å². The first-order valence-electron chi connectivity index (χ1n) is 7.99. The third-order valence-corrected chi connectivity index (χ3v) is 4.77. The van der Waals surface area contributed by atoms with Crippen LogP contribution in [-0.2, 0) is 14.3 Å². The zero-order valence-corrected chi connectivity index (χ0v) is 13.1. The summed E-state index contributed by atoms with van der Waals surface area (Å²) >= 11 is 0. The van der Waals surface area contributed by atoms with Gasteiger partial charge in [-0.15, -0.1) is 0 Å². The number of carbonyl (C=O) groups is 3. The average Bonchev–Trinajstić information content (AvgIpc) is 2.99. The third kappa shape index (κ3) is 2.58. The van der Waals surface area contributed by atoms with Crippen LogP contribution in [0.15, 0.2) is 0 Å². The van der Waals surface area contributed by atoms with Crippen molar-refractivity contribution in [1.29, 1.82) is 0 Å². The molecule has 0 aromatic rings. The molecule has 3 fully saturated rings. The highest BCUT2D eigenvalue weighted by molar-refractivity contribution is 6.09. The van der Waals surface area contributed by atoms with Crippen molar-refractivity contribution in [3.05, 3.63) is 0 Å². The normalized spacial score (nSPS) is 31.0. The van der Waals surface area contributed by atoms with E-state index >= 15 is 0 Å². The van der Waals surface area contributed by atoms with Crippen molar-refractivity contribution in [3.63, 3.8) is 0 Å². The number of nitrogens with zero attached hydrogens (tertiary/aromatic N) is 2. The number of morpholine rings is 1. The first kappa shape index (κ1) is 15.3. The van der Waals surface area contributed by atoms with E-state index in [1.807, 2.05) is 13.8 Å². The van der Waals surface area contributed by atoms with E-state index in [1.54, 1.807) is 4.90 Å². The summed E-state index contributed by atoms with van der Waals surface area (Å²) < 4.78 is 5.60. The van der Waals surface area contributed by atoms with Gasteiger partial charge >= 0.3 is 6.03 Å². The molecule has 0 unspecified atom stereocenters. The Morgan fingerprint density at radius 1 is 1.23 bits per heavy atom. The van der Waals surface area contributed by atoms with Gasteiger partial charge in [-0.05, 0) is 26.7 Å². The molecule has 2 atom stereocenters. The summed E-state index contributed by atoms with van der Waals surface area (Å²) in [6, 6.07) is -0.436. The van der Waals surface area contributed by atoms with Gasteiger partial charge in [0.05, 0.1) is 12.2 Å². The SMILES string of the molecule is C[C@@H]1CN(C(=O)CN2C(=O)NC3(CCCC3)C2=O)C[C@@H](C)O1. The number of carbonyl (C=O) groups excluding carboxylic acids is 3. The molecule has 3 aliphatic rings. The Morgan fingerprint density at radius 2 is 1.82 bits per heavy atom. The van der Waals surface area contributed by atoms with E-state index in [9.17, 15) is 14.4 Å². The molecule has 0 radical (unpaired) electrons. The molecule has 22 heavy (non-hydrogen) atoms. The van der Waals surface area contributed by atoms with Crippen LogP contribution in [0.5, 0.6) is 0 Å². The van der Waals surface area contributed by atoms with E-state index in [-0.39, 0.29) is 30.6 Å². The highest BCUT2D eigenvalue weighted by Gasteiger charge is 2.52. The minimum atomic E-state index is -0.747. The van der Waals surface area contributed by atoms with Crippen molar-refractivity contribution < 1.29 is 19.1 Å². The van der Waals surface area contributed by atoms with Crippen molar-refractivity contribution in [2.24, 2.45) is 0 Å². The van der Waals surface area contributed by atoms with E-state index in [2.05, 4.69) is 5.32 Å². The Hall–Kier alpha value is -1.63. The van der Waals surface area contributed by atoms with Gasteiger partial charge in [0.2, 0.25) is 5.91 Å². The van der Waals surface area contributed by atoms with E-state index in [1.165, 1.54) is 0 Å². The lowest BCUT2D eigenvalue weighted by Crippen LogP contribution is -2.52. The second kappa shape index (κ2) is 5.53. The molecule has 1 N–H and O–H groups in total. The molecule has 1 spiro atoms. The summed E-state index contributed by atoms with van der Waals surface area (Å²) in [6.07, 6.45) is 3.16. The summed E-state index contributed by atoms with van der Waals surface area (Å²) in [6.45, 7) is 4.65. The molecular formula is C15H23N3O4. The Morgan fingerprint density at radius 3 is 2.41 bits per heavy atom. The van der Waals surface area contributed by atoms with Gasteiger partial charge in [-0.1, -0.05) is 12.8 Å². The standard InChI is InChI=1S/C15H23N3O4/c1-10-7-17(8-11(2)22-10)12(19)9-18-13(20)15(16-14(18)21)5-3-4-6-15/h10-11H,3-9H2,1-2H3,(H,16,21)/t10-,11-/m1/s1. The molecule has 2 saturated heterocycles. The van der Waals surface area contributed by atoms with Crippen LogP contribution in [0.1, 0.15) is 39.5 Å². The fraction of sp³-hybridized carbons (Fsp3) is 0.800. The van der Waals surface area contributed by atoms with Crippen LogP contribution >= 0.6 is 0 Å². The number of imide groups is 1. The van der Waals surface area contributed by atoms with Crippen molar-refractivity contribution in [1.82, 2.24) is 15.1 Å². The predicted molar refractivity (Wildman–Crippen MR) is 78.0 cm³/mol. The molecule has 0 bridgehead atoms. The third-order valence-electron chi connectivity index (χ3n) is 4.77. The Balaban J connectivity index is 1.66. The zero-order chi connectivity index (χ0) is 15.9. The molecule has 0 aromatic carbocycles. The minimum Gasteiger partial charge on any atom is -0.372 e. The molecule has 2 heterocycles. The van der Waals surface area contributed by atoms with Crippen LogP contribution in [0.25, 0.3) is 0 Å². The molecule has 0 aromatic heterocycles. The summed E-state index contributed by atoms with van der Waals surface area (Å²) in [7, 11) is 0. The molecule has 1 saturated carbocycles. The van der Waals surface area contributed by atoms with Crippen molar-refractivity contribution >= 4 is 17.8 Å². The van der Waals surface area contributed by atoms with Crippen LogP contribution in [0.4, 0.5) is 4.79 Å². The van der Waals surface area contributed by atoms with Crippen molar-refractivity contribution in [2.45, 2.75) is 57.3 Å². The molecule has 7 heteroatoms. The van der Waals surface area contributed by atoms with Gasteiger partial charge in [0.1, 0.15) is 12.1 Å². The van der Waals surface area contributed by atoms with E-state index in [0.29, 0.717) is 25.9 Å². The molecule has 122 valence electrons. The molecule has 4 amide bonds. The quantitative estimate of drug-likeness (QED) is 0.753. The van der Waals surface area contributed by atoms with E-state index in [0.717, 1.165) is 17.7 Å². The second-order valence-corrected chi connectivity index (χ2v) is 6.67. The number of amides is 4. The van der Waals surface area contributed by atoms with Crippen LogP contribution in [0.3, 0.4) is 0 Å².